The molecule has 4 heteroatoms. The highest BCUT2D eigenvalue weighted by atomic mass is 16.5. The van der Waals surface area contributed by atoms with Crippen molar-refractivity contribution in [2.45, 2.75) is 13.0 Å². The van der Waals surface area contributed by atoms with E-state index in [1.807, 2.05) is 30.3 Å². The van der Waals surface area contributed by atoms with Crippen molar-refractivity contribution in [3.63, 3.8) is 0 Å². The standard InChI is InChI=1S/C16H16N2O2/c1-19-16-10-13(5-6-14(16)11-17)12-20-9-7-15-4-2-3-8-18-15/h2-6,8,10H,7,9,12H2,1H3. The molecule has 0 unspecified atom stereocenters. The summed E-state index contributed by atoms with van der Waals surface area (Å²) < 4.78 is 10.8. The van der Waals surface area contributed by atoms with Crippen LogP contribution < -0.4 is 4.74 Å². The number of rotatable bonds is 6. The molecule has 0 radical (unpaired) electrons. The van der Waals surface area contributed by atoms with E-state index in [4.69, 9.17) is 14.7 Å². The van der Waals surface area contributed by atoms with Crippen molar-refractivity contribution in [3.8, 4) is 11.8 Å². The maximum absolute atomic E-state index is 8.91. The van der Waals surface area contributed by atoms with Gasteiger partial charge >= 0.3 is 0 Å². The number of pyridine rings is 1. The Bertz CT molecular complexity index is 591. The number of aromatic nitrogens is 1. The van der Waals surface area contributed by atoms with Crippen LogP contribution in [0.5, 0.6) is 5.75 Å². The average molecular weight is 268 g/mol. The number of nitrogens with zero attached hydrogens (tertiary/aromatic N) is 2. The monoisotopic (exact) mass is 268 g/mol. The predicted octanol–water partition coefficient (Wildman–Crippen LogP) is 2.72. The molecule has 1 aromatic heterocycles. The molecule has 4 nitrogen and oxygen atoms in total. The Balaban J connectivity index is 1.84. The third kappa shape index (κ3) is 3.81. The molecule has 102 valence electrons. The molecule has 2 aromatic rings. The number of hydrogen-bond donors (Lipinski definition) is 0. The molecule has 1 aromatic carbocycles. The summed E-state index contributed by atoms with van der Waals surface area (Å²) in [5.41, 5.74) is 2.54. The van der Waals surface area contributed by atoms with Gasteiger partial charge in [-0.05, 0) is 29.8 Å². The normalized spacial score (nSPS) is 10.0. The molecular weight excluding hydrogens is 252 g/mol. The molecule has 0 N–H and O–H groups in total. The molecule has 0 bridgehead atoms. The summed E-state index contributed by atoms with van der Waals surface area (Å²) >= 11 is 0. The van der Waals surface area contributed by atoms with Crippen LogP contribution in [0.15, 0.2) is 42.6 Å². The van der Waals surface area contributed by atoms with Crippen LogP contribution in [0.25, 0.3) is 0 Å². The second-order valence-corrected chi connectivity index (χ2v) is 4.27. The van der Waals surface area contributed by atoms with Gasteiger partial charge in [0.15, 0.2) is 0 Å². The van der Waals surface area contributed by atoms with E-state index >= 15 is 0 Å². The lowest BCUT2D eigenvalue weighted by Crippen LogP contribution is -2.01. The van der Waals surface area contributed by atoms with Gasteiger partial charge in [0.2, 0.25) is 0 Å². The van der Waals surface area contributed by atoms with Gasteiger partial charge in [0.05, 0.1) is 25.9 Å². The summed E-state index contributed by atoms with van der Waals surface area (Å²) in [6.45, 7) is 1.11. The summed E-state index contributed by atoms with van der Waals surface area (Å²) in [7, 11) is 1.56. The van der Waals surface area contributed by atoms with E-state index in [9.17, 15) is 0 Å². The van der Waals surface area contributed by atoms with E-state index in [1.165, 1.54) is 0 Å². The zero-order chi connectivity index (χ0) is 14.2. The zero-order valence-corrected chi connectivity index (χ0v) is 11.4. The number of nitriles is 1. The molecule has 0 saturated heterocycles. The van der Waals surface area contributed by atoms with Gasteiger partial charge in [0.1, 0.15) is 11.8 Å². The van der Waals surface area contributed by atoms with Gasteiger partial charge in [-0.3, -0.25) is 4.98 Å². The number of benzene rings is 1. The van der Waals surface area contributed by atoms with Gasteiger partial charge in [-0.1, -0.05) is 12.1 Å². The maximum atomic E-state index is 8.91. The van der Waals surface area contributed by atoms with Gasteiger partial charge in [0, 0.05) is 18.3 Å². The van der Waals surface area contributed by atoms with Gasteiger partial charge in [-0.25, -0.2) is 0 Å². The Morgan fingerprint density at radius 3 is 2.85 bits per heavy atom. The minimum atomic E-state index is 0.495. The Labute approximate surface area is 118 Å². The van der Waals surface area contributed by atoms with Crippen LogP contribution in [0.2, 0.25) is 0 Å². The van der Waals surface area contributed by atoms with Crippen LogP contribution in [0.3, 0.4) is 0 Å². The quantitative estimate of drug-likeness (QED) is 0.756. The fourth-order valence-electron chi connectivity index (χ4n) is 1.83. The third-order valence-corrected chi connectivity index (χ3v) is 2.88. The fourth-order valence-corrected chi connectivity index (χ4v) is 1.83. The first-order valence-electron chi connectivity index (χ1n) is 6.38. The minimum absolute atomic E-state index is 0.495. The Hall–Kier alpha value is -2.38. The van der Waals surface area contributed by atoms with Crippen molar-refractivity contribution < 1.29 is 9.47 Å². The molecule has 0 fully saturated rings. The Morgan fingerprint density at radius 1 is 1.25 bits per heavy atom. The second-order valence-electron chi connectivity index (χ2n) is 4.27. The van der Waals surface area contributed by atoms with Crippen LogP contribution in [0, 0.1) is 11.3 Å². The molecule has 0 aliphatic carbocycles. The smallest absolute Gasteiger partial charge is 0.136 e. The molecule has 20 heavy (non-hydrogen) atoms. The largest absolute Gasteiger partial charge is 0.495 e. The highest BCUT2D eigenvalue weighted by Gasteiger charge is 2.03. The highest BCUT2D eigenvalue weighted by Crippen LogP contribution is 2.19. The third-order valence-electron chi connectivity index (χ3n) is 2.88. The van der Waals surface area contributed by atoms with Gasteiger partial charge < -0.3 is 9.47 Å². The molecule has 0 saturated carbocycles. The van der Waals surface area contributed by atoms with E-state index in [-0.39, 0.29) is 0 Å². The van der Waals surface area contributed by atoms with Crippen molar-refractivity contribution in [3.05, 3.63) is 59.4 Å². The molecule has 1 heterocycles. The molecule has 0 spiro atoms. The van der Waals surface area contributed by atoms with Crippen LogP contribution in [0.4, 0.5) is 0 Å². The highest BCUT2D eigenvalue weighted by molar-refractivity contribution is 5.45. The maximum Gasteiger partial charge on any atom is 0.136 e. The van der Waals surface area contributed by atoms with E-state index in [0.717, 1.165) is 17.7 Å². The first kappa shape index (κ1) is 14.0. The summed E-state index contributed by atoms with van der Waals surface area (Å²) in [5, 5.41) is 8.91. The lowest BCUT2D eigenvalue weighted by atomic mass is 10.1. The lowest BCUT2D eigenvalue weighted by molar-refractivity contribution is 0.123. The minimum Gasteiger partial charge on any atom is -0.495 e. The molecule has 2 rings (SSSR count). The van der Waals surface area contributed by atoms with E-state index in [0.29, 0.717) is 24.5 Å². The zero-order valence-electron chi connectivity index (χ0n) is 11.4. The topological polar surface area (TPSA) is 55.1 Å². The molecule has 0 amide bonds. The Morgan fingerprint density at radius 2 is 2.15 bits per heavy atom. The first-order chi connectivity index (χ1) is 9.83. The second kappa shape index (κ2) is 7.27. The summed E-state index contributed by atoms with van der Waals surface area (Å²) in [5.74, 6) is 0.582. The van der Waals surface area contributed by atoms with Crippen molar-refractivity contribution in [1.82, 2.24) is 4.98 Å². The summed E-state index contributed by atoms with van der Waals surface area (Å²) in [6, 6.07) is 13.4. The number of ether oxygens (including phenoxy) is 2. The van der Waals surface area contributed by atoms with Crippen molar-refractivity contribution in [1.29, 1.82) is 5.26 Å². The van der Waals surface area contributed by atoms with Crippen LogP contribution in [-0.4, -0.2) is 18.7 Å². The Kier molecular flexibility index (Phi) is 5.10. The van der Waals surface area contributed by atoms with E-state index < -0.39 is 0 Å². The van der Waals surface area contributed by atoms with E-state index in [1.54, 1.807) is 19.4 Å². The average Bonchev–Trinajstić information content (AvgIpc) is 2.52. The van der Waals surface area contributed by atoms with Crippen molar-refractivity contribution in [2.75, 3.05) is 13.7 Å². The predicted molar refractivity (Wildman–Crippen MR) is 75.3 cm³/mol. The van der Waals surface area contributed by atoms with Crippen LogP contribution in [-0.2, 0) is 17.8 Å². The van der Waals surface area contributed by atoms with Gasteiger partial charge in [-0.2, -0.15) is 5.26 Å². The lowest BCUT2D eigenvalue weighted by Gasteiger charge is -2.07. The van der Waals surface area contributed by atoms with Crippen molar-refractivity contribution >= 4 is 0 Å². The number of methoxy groups -OCH3 is 1. The van der Waals surface area contributed by atoms with Gasteiger partial charge in [0.25, 0.3) is 0 Å². The molecule has 0 aliphatic heterocycles. The summed E-state index contributed by atoms with van der Waals surface area (Å²) in [4.78, 5) is 4.24. The van der Waals surface area contributed by atoms with E-state index in [2.05, 4.69) is 11.1 Å². The van der Waals surface area contributed by atoms with Crippen LogP contribution in [0.1, 0.15) is 16.8 Å². The van der Waals surface area contributed by atoms with Gasteiger partial charge in [-0.15, -0.1) is 0 Å². The molecule has 0 atom stereocenters. The summed E-state index contributed by atoms with van der Waals surface area (Å²) in [6.07, 6.45) is 2.56. The molecule has 0 aliphatic rings. The fraction of sp³-hybridized carbons (Fsp3) is 0.250. The number of hydrogen-bond acceptors (Lipinski definition) is 4. The van der Waals surface area contributed by atoms with Crippen molar-refractivity contribution in [2.24, 2.45) is 0 Å². The molecular formula is C16H16N2O2. The SMILES string of the molecule is COc1cc(COCCc2ccccn2)ccc1C#N. The van der Waals surface area contributed by atoms with Crippen LogP contribution >= 0.6 is 0 Å². The first-order valence-corrected chi connectivity index (χ1v) is 6.38.